The van der Waals surface area contributed by atoms with Crippen molar-refractivity contribution in [2.45, 2.75) is 199 Å². The summed E-state index contributed by atoms with van der Waals surface area (Å²) in [7, 11) is -4.34. The molecule has 294 valence electrons. The van der Waals surface area contributed by atoms with Gasteiger partial charge in [-0.05, 0) is 44.9 Å². The first kappa shape index (κ1) is 48.7. The monoisotopic (exact) mass is 727 g/mol. The molecule has 0 bridgehead atoms. The Hall–Kier alpha value is -1.28. The standard InChI is InChI=1S/C41H79N2O6P/c1-3-5-7-9-11-13-15-16-17-18-19-20-21-22-23-25-26-28-30-32-34-40(44)39(38-49-50(46,47)48-37-36-42)43-41(45)35-33-31-29-27-24-14-12-10-8-6-4-2/h20-21,25-26,32,34,39-40,44H,3-19,22-24,27-31,33,35-38,42H2,1-2H3,(H,43,45)(H,46,47)/b21-20+,26-25+,34-32+. The van der Waals surface area contributed by atoms with E-state index in [2.05, 4.69) is 43.5 Å². The summed E-state index contributed by atoms with van der Waals surface area (Å²) in [5, 5.41) is 13.6. The fourth-order valence-corrected chi connectivity index (χ4v) is 6.57. The van der Waals surface area contributed by atoms with Gasteiger partial charge in [0.15, 0.2) is 0 Å². The minimum absolute atomic E-state index is 0.0724. The van der Waals surface area contributed by atoms with Crippen LogP contribution in [0.15, 0.2) is 36.5 Å². The zero-order valence-electron chi connectivity index (χ0n) is 32.4. The lowest BCUT2D eigenvalue weighted by molar-refractivity contribution is -0.123. The van der Waals surface area contributed by atoms with Gasteiger partial charge in [0, 0.05) is 13.0 Å². The van der Waals surface area contributed by atoms with Crippen LogP contribution in [0.1, 0.15) is 187 Å². The second-order valence-corrected chi connectivity index (χ2v) is 15.3. The molecule has 0 spiro atoms. The third-order valence-electron chi connectivity index (χ3n) is 8.95. The fraction of sp³-hybridized carbons (Fsp3) is 0.829. The lowest BCUT2D eigenvalue weighted by Crippen LogP contribution is -2.45. The van der Waals surface area contributed by atoms with Gasteiger partial charge >= 0.3 is 7.82 Å². The van der Waals surface area contributed by atoms with Crippen LogP contribution in [0.2, 0.25) is 0 Å². The van der Waals surface area contributed by atoms with Crippen LogP contribution in [-0.4, -0.2) is 47.8 Å². The number of nitrogens with two attached hydrogens (primary N) is 1. The molecule has 50 heavy (non-hydrogen) atoms. The van der Waals surface area contributed by atoms with Crippen LogP contribution in [0.3, 0.4) is 0 Å². The number of allylic oxidation sites excluding steroid dienone is 5. The summed E-state index contributed by atoms with van der Waals surface area (Å²) in [5.74, 6) is -0.210. The number of hydrogen-bond donors (Lipinski definition) is 4. The van der Waals surface area contributed by atoms with Crippen molar-refractivity contribution in [3.63, 3.8) is 0 Å². The Bertz CT molecular complexity index is 881. The van der Waals surface area contributed by atoms with E-state index in [0.717, 1.165) is 44.9 Å². The SMILES string of the molecule is CCCCCCCCCCCC/C=C/CC/C=C/CC/C=C/C(O)C(COP(=O)(O)OCCN)NC(=O)CCCCCCCCCCCCC. The molecule has 0 aromatic rings. The Morgan fingerprint density at radius 1 is 0.640 bits per heavy atom. The van der Waals surface area contributed by atoms with Gasteiger partial charge in [-0.25, -0.2) is 4.57 Å². The van der Waals surface area contributed by atoms with Crippen molar-refractivity contribution >= 4 is 13.7 Å². The van der Waals surface area contributed by atoms with Gasteiger partial charge in [-0.1, -0.05) is 172 Å². The molecular weight excluding hydrogens is 647 g/mol. The van der Waals surface area contributed by atoms with Gasteiger partial charge in [-0.3, -0.25) is 13.8 Å². The average molecular weight is 727 g/mol. The lowest BCUT2D eigenvalue weighted by atomic mass is 10.0. The van der Waals surface area contributed by atoms with Gasteiger partial charge in [0.2, 0.25) is 5.91 Å². The summed E-state index contributed by atoms with van der Waals surface area (Å²) < 4.78 is 22.0. The molecule has 0 aromatic heterocycles. The summed E-state index contributed by atoms with van der Waals surface area (Å²) in [5.41, 5.74) is 5.36. The van der Waals surface area contributed by atoms with Gasteiger partial charge in [0.05, 0.1) is 25.4 Å². The number of aliphatic hydroxyl groups is 1. The van der Waals surface area contributed by atoms with Crippen LogP contribution in [0.5, 0.6) is 0 Å². The molecule has 9 heteroatoms. The van der Waals surface area contributed by atoms with Crippen LogP contribution in [0.25, 0.3) is 0 Å². The van der Waals surface area contributed by atoms with Crippen molar-refractivity contribution in [2.75, 3.05) is 19.8 Å². The second kappa shape index (κ2) is 37.5. The number of hydrogen-bond acceptors (Lipinski definition) is 6. The number of rotatable bonds is 38. The van der Waals surface area contributed by atoms with E-state index >= 15 is 0 Å². The molecule has 3 unspecified atom stereocenters. The maximum Gasteiger partial charge on any atom is 0.472 e. The summed E-state index contributed by atoms with van der Waals surface area (Å²) in [6.07, 6.45) is 43.4. The fourth-order valence-electron chi connectivity index (χ4n) is 5.81. The first-order valence-corrected chi connectivity index (χ1v) is 22.1. The highest BCUT2D eigenvalue weighted by Crippen LogP contribution is 2.43. The van der Waals surface area contributed by atoms with Crippen molar-refractivity contribution in [1.82, 2.24) is 5.32 Å². The van der Waals surface area contributed by atoms with Gasteiger partial charge in [-0.2, -0.15) is 0 Å². The Balaban J connectivity index is 4.31. The van der Waals surface area contributed by atoms with E-state index in [0.29, 0.717) is 6.42 Å². The quantitative estimate of drug-likeness (QED) is 0.0283. The number of phosphoric acid groups is 1. The molecule has 0 heterocycles. The van der Waals surface area contributed by atoms with Crippen molar-refractivity contribution in [2.24, 2.45) is 5.73 Å². The van der Waals surface area contributed by atoms with Crippen molar-refractivity contribution in [3.05, 3.63) is 36.5 Å². The third-order valence-corrected chi connectivity index (χ3v) is 9.93. The zero-order valence-corrected chi connectivity index (χ0v) is 33.3. The molecule has 0 aliphatic rings. The maximum absolute atomic E-state index is 12.7. The van der Waals surface area contributed by atoms with Gasteiger partial charge in [-0.15, -0.1) is 0 Å². The van der Waals surface area contributed by atoms with Gasteiger partial charge < -0.3 is 21.1 Å². The molecule has 0 aliphatic heterocycles. The summed E-state index contributed by atoms with van der Waals surface area (Å²) in [6.45, 7) is 4.09. The van der Waals surface area contributed by atoms with Gasteiger partial charge in [0.25, 0.3) is 0 Å². The molecule has 3 atom stereocenters. The number of amides is 1. The molecule has 1 amide bonds. The predicted molar refractivity (Wildman–Crippen MR) is 212 cm³/mol. The Morgan fingerprint density at radius 3 is 1.54 bits per heavy atom. The number of phosphoric ester groups is 1. The van der Waals surface area contributed by atoms with Crippen LogP contribution >= 0.6 is 7.82 Å². The topological polar surface area (TPSA) is 131 Å². The first-order valence-electron chi connectivity index (χ1n) is 20.6. The molecule has 8 nitrogen and oxygen atoms in total. The number of aliphatic hydroxyl groups excluding tert-OH is 1. The summed E-state index contributed by atoms with van der Waals surface area (Å²) in [4.78, 5) is 22.6. The van der Waals surface area contributed by atoms with Crippen molar-refractivity contribution < 1.29 is 28.4 Å². The molecule has 0 aliphatic carbocycles. The highest BCUT2D eigenvalue weighted by molar-refractivity contribution is 7.47. The number of unbranched alkanes of at least 4 members (excludes halogenated alkanes) is 22. The lowest BCUT2D eigenvalue weighted by Gasteiger charge is -2.23. The van der Waals surface area contributed by atoms with Crippen LogP contribution < -0.4 is 11.1 Å². The predicted octanol–water partition coefficient (Wildman–Crippen LogP) is 11.2. The smallest absolute Gasteiger partial charge is 0.387 e. The van der Waals surface area contributed by atoms with E-state index in [-0.39, 0.29) is 25.7 Å². The van der Waals surface area contributed by atoms with Gasteiger partial charge in [0.1, 0.15) is 0 Å². The molecule has 0 saturated heterocycles. The van der Waals surface area contributed by atoms with E-state index in [4.69, 9.17) is 14.8 Å². The largest absolute Gasteiger partial charge is 0.472 e. The maximum atomic E-state index is 12.7. The average Bonchev–Trinajstić information content (AvgIpc) is 3.10. The molecule has 0 fully saturated rings. The first-order chi connectivity index (χ1) is 24.4. The minimum Gasteiger partial charge on any atom is -0.387 e. The summed E-state index contributed by atoms with van der Waals surface area (Å²) >= 11 is 0. The summed E-state index contributed by atoms with van der Waals surface area (Å²) in [6, 6.07) is -0.879. The van der Waals surface area contributed by atoms with E-state index in [1.54, 1.807) is 6.08 Å². The Morgan fingerprint density at radius 2 is 1.06 bits per heavy atom. The number of carbonyl (C=O) groups excluding carboxylic acids is 1. The van der Waals surface area contributed by atoms with Crippen molar-refractivity contribution in [3.8, 4) is 0 Å². The number of carbonyl (C=O) groups is 1. The normalized spacial score (nSPS) is 14.6. The van der Waals surface area contributed by atoms with Crippen LogP contribution in [0.4, 0.5) is 0 Å². The van der Waals surface area contributed by atoms with E-state index in [9.17, 15) is 19.4 Å². The van der Waals surface area contributed by atoms with E-state index in [1.807, 2.05) is 6.08 Å². The second-order valence-electron chi connectivity index (χ2n) is 13.8. The van der Waals surface area contributed by atoms with Crippen LogP contribution in [0, 0.1) is 0 Å². The number of nitrogens with one attached hydrogen (secondary N) is 1. The van der Waals surface area contributed by atoms with Crippen molar-refractivity contribution in [1.29, 1.82) is 0 Å². The molecule has 0 aromatic carbocycles. The molecule has 0 saturated carbocycles. The molecule has 5 N–H and O–H groups in total. The van der Waals surface area contributed by atoms with Crippen LogP contribution in [-0.2, 0) is 18.4 Å². The molecular formula is C41H79N2O6P. The van der Waals surface area contributed by atoms with E-state index < -0.39 is 20.0 Å². The Labute approximate surface area is 308 Å². The zero-order chi connectivity index (χ0) is 36.8. The highest BCUT2D eigenvalue weighted by atomic mass is 31.2. The highest BCUT2D eigenvalue weighted by Gasteiger charge is 2.26. The third kappa shape index (κ3) is 35.1. The minimum atomic E-state index is -4.34. The van der Waals surface area contributed by atoms with E-state index in [1.165, 1.54) is 122 Å². The molecule has 0 rings (SSSR count). The Kier molecular flexibility index (Phi) is 36.5. The molecule has 0 radical (unpaired) electrons.